The van der Waals surface area contributed by atoms with Crippen molar-refractivity contribution in [2.45, 2.75) is 32.9 Å². The standard InChI is InChI=1S/C14H16N2O2/c1-14(2,3)18-13(17)11-6-8-15-9-10-5-4-7-16-12(10)11/h4-8H,9H2,1-3H3. The highest BCUT2D eigenvalue weighted by atomic mass is 16.6. The lowest BCUT2D eigenvalue weighted by Crippen LogP contribution is -2.25. The van der Waals surface area contributed by atoms with E-state index in [9.17, 15) is 4.79 Å². The fraction of sp³-hybridized carbons (Fsp3) is 0.357. The summed E-state index contributed by atoms with van der Waals surface area (Å²) in [6, 6.07) is 3.76. The van der Waals surface area contributed by atoms with Gasteiger partial charge in [0, 0.05) is 18.0 Å². The predicted octanol–water partition coefficient (Wildman–Crippen LogP) is 2.39. The zero-order chi connectivity index (χ0) is 13.2. The van der Waals surface area contributed by atoms with Crippen LogP contribution in [0.4, 0.5) is 0 Å². The third-order valence-corrected chi connectivity index (χ3v) is 2.37. The van der Waals surface area contributed by atoms with Gasteiger partial charge in [-0.15, -0.1) is 0 Å². The second kappa shape index (κ2) is 4.72. The van der Waals surface area contributed by atoms with Crippen LogP contribution in [0, 0.1) is 0 Å². The monoisotopic (exact) mass is 244 g/mol. The maximum Gasteiger partial charge on any atom is 0.340 e. The van der Waals surface area contributed by atoms with Crippen molar-refractivity contribution >= 4 is 17.8 Å². The number of aliphatic imine (C=N–C) groups is 1. The first kappa shape index (κ1) is 12.5. The number of fused-ring (bicyclic) bond motifs is 1. The van der Waals surface area contributed by atoms with E-state index in [2.05, 4.69) is 9.98 Å². The molecule has 0 amide bonds. The lowest BCUT2D eigenvalue weighted by molar-refractivity contribution is -0.147. The van der Waals surface area contributed by atoms with Gasteiger partial charge >= 0.3 is 5.97 Å². The molecule has 0 fully saturated rings. The minimum Gasteiger partial charge on any atom is -0.456 e. The number of esters is 1. The van der Waals surface area contributed by atoms with Crippen LogP contribution in [0.2, 0.25) is 0 Å². The molecule has 1 aromatic heterocycles. The molecule has 0 radical (unpaired) electrons. The van der Waals surface area contributed by atoms with E-state index in [4.69, 9.17) is 4.74 Å². The van der Waals surface area contributed by atoms with Gasteiger partial charge in [0.05, 0.1) is 17.8 Å². The van der Waals surface area contributed by atoms with Gasteiger partial charge in [-0.05, 0) is 32.9 Å². The number of pyridine rings is 1. The summed E-state index contributed by atoms with van der Waals surface area (Å²) in [5.41, 5.74) is 1.53. The molecular formula is C14H16N2O2. The van der Waals surface area contributed by atoms with Crippen LogP contribution in [0.3, 0.4) is 0 Å². The summed E-state index contributed by atoms with van der Waals surface area (Å²) in [5, 5.41) is 0. The number of hydrogen-bond acceptors (Lipinski definition) is 4. The van der Waals surface area contributed by atoms with Gasteiger partial charge in [-0.2, -0.15) is 0 Å². The lowest BCUT2D eigenvalue weighted by atomic mass is 10.1. The number of hydrogen-bond donors (Lipinski definition) is 0. The fourth-order valence-electron chi connectivity index (χ4n) is 1.66. The molecule has 0 N–H and O–H groups in total. The van der Waals surface area contributed by atoms with Crippen molar-refractivity contribution in [3.8, 4) is 0 Å². The molecule has 4 heteroatoms. The van der Waals surface area contributed by atoms with Crippen molar-refractivity contribution in [1.82, 2.24) is 4.98 Å². The van der Waals surface area contributed by atoms with E-state index in [0.717, 1.165) is 5.56 Å². The molecule has 1 aliphatic heterocycles. The Morgan fingerprint density at radius 3 is 2.89 bits per heavy atom. The molecule has 94 valence electrons. The third-order valence-electron chi connectivity index (χ3n) is 2.37. The van der Waals surface area contributed by atoms with E-state index in [-0.39, 0.29) is 5.97 Å². The van der Waals surface area contributed by atoms with Crippen molar-refractivity contribution in [2.75, 3.05) is 0 Å². The van der Waals surface area contributed by atoms with Crippen LogP contribution < -0.4 is 0 Å². The van der Waals surface area contributed by atoms with Crippen LogP contribution in [0.1, 0.15) is 32.0 Å². The van der Waals surface area contributed by atoms with Crippen molar-refractivity contribution < 1.29 is 9.53 Å². The Hall–Kier alpha value is -1.97. The van der Waals surface area contributed by atoms with Crippen molar-refractivity contribution in [2.24, 2.45) is 4.99 Å². The average molecular weight is 244 g/mol. The number of carbonyl (C=O) groups excluding carboxylic acids is 1. The predicted molar refractivity (Wildman–Crippen MR) is 70.3 cm³/mol. The summed E-state index contributed by atoms with van der Waals surface area (Å²) in [6.45, 7) is 6.06. The second-order valence-corrected chi connectivity index (χ2v) is 5.08. The molecular weight excluding hydrogens is 228 g/mol. The number of nitrogens with zero attached hydrogens (tertiary/aromatic N) is 2. The van der Waals surface area contributed by atoms with Gasteiger partial charge in [0.15, 0.2) is 0 Å². The molecule has 0 saturated heterocycles. The summed E-state index contributed by atoms with van der Waals surface area (Å²) < 4.78 is 5.38. The first-order valence-electron chi connectivity index (χ1n) is 5.85. The van der Waals surface area contributed by atoms with E-state index < -0.39 is 5.60 Å². The van der Waals surface area contributed by atoms with E-state index in [1.165, 1.54) is 0 Å². The van der Waals surface area contributed by atoms with E-state index >= 15 is 0 Å². The number of ether oxygens (including phenoxy) is 1. The number of rotatable bonds is 1. The van der Waals surface area contributed by atoms with Gasteiger partial charge in [-0.3, -0.25) is 9.98 Å². The van der Waals surface area contributed by atoms with Crippen LogP contribution in [0.25, 0.3) is 5.57 Å². The van der Waals surface area contributed by atoms with Crippen LogP contribution in [0.5, 0.6) is 0 Å². The van der Waals surface area contributed by atoms with Gasteiger partial charge < -0.3 is 4.74 Å². The largest absolute Gasteiger partial charge is 0.456 e. The topological polar surface area (TPSA) is 51.5 Å². The molecule has 18 heavy (non-hydrogen) atoms. The maximum absolute atomic E-state index is 12.1. The number of aromatic nitrogens is 1. The Morgan fingerprint density at radius 1 is 1.39 bits per heavy atom. The second-order valence-electron chi connectivity index (χ2n) is 5.08. The minimum atomic E-state index is -0.518. The first-order chi connectivity index (χ1) is 8.47. The molecule has 0 atom stereocenters. The number of allylic oxidation sites excluding steroid dienone is 1. The van der Waals surface area contributed by atoms with E-state index in [0.29, 0.717) is 17.8 Å². The molecule has 1 aliphatic rings. The van der Waals surface area contributed by atoms with Crippen LogP contribution in [-0.4, -0.2) is 22.8 Å². The molecule has 0 aromatic carbocycles. The van der Waals surface area contributed by atoms with Crippen LogP contribution in [0.15, 0.2) is 29.4 Å². The normalized spacial score (nSPS) is 14.5. The smallest absolute Gasteiger partial charge is 0.340 e. The van der Waals surface area contributed by atoms with Crippen LogP contribution in [-0.2, 0) is 16.1 Å². The molecule has 0 spiro atoms. The van der Waals surface area contributed by atoms with Crippen molar-refractivity contribution in [1.29, 1.82) is 0 Å². The highest BCUT2D eigenvalue weighted by molar-refractivity contribution is 6.19. The Kier molecular flexibility index (Phi) is 3.28. The van der Waals surface area contributed by atoms with Gasteiger partial charge in [0.25, 0.3) is 0 Å². The summed E-state index contributed by atoms with van der Waals surface area (Å²) >= 11 is 0. The van der Waals surface area contributed by atoms with Gasteiger partial charge in [0.2, 0.25) is 0 Å². The molecule has 2 rings (SSSR count). The molecule has 4 nitrogen and oxygen atoms in total. The SMILES string of the molecule is CC(C)(C)OC(=O)C1=CC=NCc2cccnc21. The summed E-state index contributed by atoms with van der Waals surface area (Å²) in [5.74, 6) is -0.365. The van der Waals surface area contributed by atoms with Crippen molar-refractivity contribution in [3.05, 3.63) is 35.7 Å². The van der Waals surface area contributed by atoms with E-state index in [1.807, 2.05) is 32.9 Å². The highest BCUT2D eigenvalue weighted by Crippen LogP contribution is 2.22. The highest BCUT2D eigenvalue weighted by Gasteiger charge is 2.23. The Bertz CT molecular complexity index is 525. The Morgan fingerprint density at radius 2 is 2.17 bits per heavy atom. The Balaban J connectivity index is 2.36. The molecule has 0 aliphatic carbocycles. The third kappa shape index (κ3) is 2.83. The summed E-state index contributed by atoms with van der Waals surface area (Å²) in [4.78, 5) is 20.6. The summed E-state index contributed by atoms with van der Waals surface area (Å²) in [6.07, 6.45) is 4.95. The van der Waals surface area contributed by atoms with Crippen LogP contribution >= 0.6 is 0 Å². The molecule has 1 aromatic rings. The number of carbonyl (C=O) groups is 1. The average Bonchev–Trinajstić information content (AvgIpc) is 2.48. The fourth-order valence-corrected chi connectivity index (χ4v) is 1.66. The molecule has 0 saturated carbocycles. The quantitative estimate of drug-likeness (QED) is 0.713. The van der Waals surface area contributed by atoms with Gasteiger partial charge in [-0.25, -0.2) is 4.79 Å². The Labute approximate surface area is 106 Å². The molecule has 0 bridgehead atoms. The maximum atomic E-state index is 12.1. The zero-order valence-corrected chi connectivity index (χ0v) is 10.8. The molecule has 0 unspecified atom stereocenters. The summed E-state index contributed by atoms with van der Waals surface area (Å²) in [7, 11) is 0. The minimum absolute atomic E-state index is 0.365. The molecule has 2 heterocycles. The van der Waals surface area contributed by atoms with Crippen molar-refractivity contribution in [3.63, 3.8) is 0 Å². The zero-order valence-electron chi connectivity index (χ0n) is 10.8. The van der Waals surface area contributed by atoms with Gasteiger partial charge in [0.1, 0.15) is 5.60 Å². The first-order valence-corrected chi connectivity index (χ1v) is 5.85. The lowest BCUT2D eigenvalue weighted by Gasteiger charge is -2.20. The van der Waals surface area contributed by atoms with Gasteiger partial charge in [-0.1, -0.05) is 6.07 Å². The van der Waals surface area contributed by atoms with E-state index in [1.54, 1.807) is 18.5 Å².